The van der Waals surface area contributed by atoms with Crippen LogP contribution in [0.4, 0.5) is 5.69 Å². The van der Waals surface area contributed by atoms with Crippen molar-refractivity contribution >= 4 is 22.9 Å². The van der Waals surface area contributed by atoms with Crippen molar-refractivity contribution in [2.45, 2.75) is 13.5 Å². The monoisotopic (exact) mass is 314 g/mol. The summed E-state index contributed by atoms with van der Waals surface area (Å²) in [5.41, 5.74) is 1.50. The number of aryl methyl sites for hydroxylation is 1. The van der Waals surface area contributed by atoms with Crippen LogP contribution in [-0.2, 0) is 6.61 Å². The fourth-order valence-corrected chi connectivity index (χ4v) is 2.52. The van der Waals surface area contributed by atoms with Crippen molar-refractivity contribution < 1.29 is 14.1 Å². The minimum absolute atomic E-state index is 0.127. The highest BCUT2D eigenvalue weighted by Crippen LogP contribution is 2.20. The molecule has 22 heavy (non-hydrogen) atoms. The standard InChI is InChI=1S/C16H14N2O3S/c1-11-8-14(21-18-11)10-20-13-5-2-4-12(9-13)17-16(19)15-6-3-7-22-15/h2-9H,10H2,1H3,(H,17,19). The first-order valence-electron chi connectivity index (χ1n) is 6.70. The lowest BCUT2D eigenvalue weighted by Crippen LogP contribution is -2.10. The van der Waals surface area contributed by atoms with Crippen molar-refractivity contribution in [3.05, 3.63) is 64.2 Å². The number of amides is 1. The summed E-state index contributed by atoms with van der Waals surface area (Å²) in [5, 5.41) is 8.52. The molecule has 112 valence electrons. The molecule has 0 aliphatic rings. The van der Waals surface area contributed by atoms with Crippen LogP contribution in [0.15, 0.2) is 52.4 Å². The van der Waals surface area contributed by atoms with Crippen molar-refractivity contribution in [1.29, 1.82) is 0 Å². The van der Waals surface area contributed by atoms with Crippen molar-refractivity contribution in [2.75, 3.05) is 5.32 Å². The Morgan fingerprint density at radius 3 is 2.95 bits per heavy atom. The molecule has 0 saturated carbocycles. The summed E-state index contributed by atoms with van der Waals surface area (Å²) in [7, 11) is 0. The van der Waals surface area contributed by atoms with Crippen molar-refractivity contribution in [3.63, 3.8) is 0 Å². The maximum atomic E-state index is 12.0. The zero-order chi connectivity index (χ0) is 15.4. The second-order valence-electron chi connectivity index (χ2n) is 4.68. The minimum Gasteiger partial charge on any atom is -0.485 e. The zero-order valence-electron chi connectivity index (χ0n) is 11.9. The third-order valence-electron chi connectivity index (χ3n) is 2.89. The van der Waals surface area contributed by atoms with Crippen LogP contribution in [-0.4, -0.2) is 11.1 Å². The van der Waals surface area contributed by atoms with Crippen LogP contribution < -0.4 is 10.1 Å². The number of hydrogen-bond donors (Lipinski definition) is 1. The third-order valence-corrected chi connectivity index (χ3v) is 3.76. The maximum Gasteiger partial charge on any atom is 0.265 e. The predicted molar refractivity (Wildman–Crippen MR) is 84.3 cm³/mol. The smallest absolute Gasteiger partial charge is 0.265 e. The summed E-state index contributed by atoms with van der Waals surface area (Å²) in [6.45, 7) is 2.15. The lowest BCUT2D eigenvalue weighted by Gasteiger charge is -2.07. The van der Waals surface area contributed by atoms with Gasteiger partial charge in [-0.25, -0.2) is 0 Å². The maximum absolute atomic E-state index is 12.0. The van der Waals surface area contributed by atoms with E-state index in [0.717, 1.165) is 5.69 Å². The molecule has 0 unspecified atom stereocenters. The summed E-state index contributed by atoms with van der Waals surface area (Å²) in [4.78, 5) is 12.7. The molecule has 3 rings (SSSR count). The fraction of sp³-hybridized carbons (Fsp3) is 0.125. The van der Waals surface area contributed by atoms with Gasteiger partial charge in [0.05, 0.1) is 10.6 Å². The van der Waals surface area contributed by atoms with Gasteiger partial charge < -0.3 is 14.6 Å². The molecule has 2 heterocycles. The molecule has 1 aromatic carbocycles. The molecule has 0 bridgehead atoms. The van der Waals surface area contributed by atoms with E-state index in [1.54, 1.807) is 12.1 Å². The molecule has 0 radical (unpaired) electrons. The number of aromatic nitrogens is 1. The Balaban J connectivity index is 1.63. The Kier molecular flexibility index (Phi) is 4.20. The van der Waals surface area contributed by atoms with Gasteiger partial charge >= 0.3 is 0 Å². The summed E-state index contributed by atoms with van der Waals surface area (Å²) in [6, 6.07) is 12.7. The number of rotatable bonds is 5. The number of ether oxygens (including phenoxy) is 1. The predicted octanol–water partition coefficient (Wildman–Crippen LogP) is 3.88. The molecule has 5 nitrogen and oxygen atoms in total. The molecule has 1 amide bonds. The van der Waals surface area contributed by atoms with Gasteiger partial charge in [-0.2, -0.15) is 0 Å². The normalized spacial score (nSPS) is 10.4. The lowest BCUT2D eigenvalue weighted by molar-refractivity contribution is 0.103. The van der Waals surface area contributed by atoms with E-state index < -0.39 is 0 Å². The Hall–Kier alpha value is -2.60. The summed E-state index contributed by atoms with van der Waals surface area (Å²) >= 11 is 1.40. The van der Waals surface area contributed by atoms with Crippen molar-refractivity contribution in [3.8, 4) is 5.75 Å². The van der Waals surface area contributed by atoms with Gasteiger partial charge in [0.2, 0.25) is 0 Å². The molecule has 1 N–H and O–H groups in total. The average molecular weight is 314 g/mol. The number of benzene rings is 1. The second-order valence-corrected chi connectivity index (χ2v) is 5.63. The summed E-state index contributed by atoms with van der Waals surface area (Å²) in [5.74, 6) is 1.18. The zero-order valence-corrected chi connectivity index (χ0v) is 12.7. The quantitative estimate of drug-likeness (QED) is 0.776. The van der Waals surface area contributed by atoms with Gasteiger partial charge in [0, 0.05) is 17.8 Å². The Morgan fingerprint density at radius 1 is 1.32 bits per heavy atom. The largest absolute Gasteiger partial charge is 0.485 e. The highest BCUT2D eigenvalue weighted by molar-refractivity contribution is 7.12. The highest BCUT2D eigenvalue weighted by atomic mass is 32.1. The molecular weight excluding hydrogens is 300 g/mol. The van der Waals surface area contributed by atoms with Gasteiger partial charge in [-0.05, 0) is 30.5 Å². The summed E-state index contributed by atoms with van der Waals surface area (Å²) < 4.78 is 10.7. The van der Waals surface area contributed by atoms with Gasteiger partial charge in [-0.1, -0.05) is 17.3 Å². The lowest BCUT2D eigenvalue weighted by atomic mass is 10.3. The van der Waals surface area contributed by atoms with E-state index in [9.17, 15) is 4.79 Å². The second kappa shape index (κ2) is 6.44. The van der Waals surface area contributed by atoms with Crippen LogP contribution in [0.2, 0.25) is 0 Å². The number of hydrogen-bond acceptors (Lipinski definition) is 5. The molecule has 2 aromatic heterocycles. The molecule has 0 fully saturated rings. The van der Waals surface area contributed by atoms with Crippen LogP contribution in [0.3, 0.4) is 0 Å². The number of carbonyl (C=O) groups is 1. The SMILES string of the molecule is Cc1cc(COc2cccc(NC(=O)c3cccs3)c2)on1. The highest BCUT2D eigenvalue weighted by Gasteiger charge is 2.08. The van der Waals surface area contributed by atoms with Crippen LogP contribution in [0.5, 0.6) is 5.75 Å². The Morgan fingerprint density at radius 2 is 2.23 bits per heavy atom. The first kappa shape index (κ1) is 14.3. The van der Waals surface area contributed by atoms with Crippen LogP contribution >= 0.6 is 11.3 Å². The van der Waals surface area contributed by atoms with Gasteiger partial charge in [0.15, 0.2) is 5.76 Å². The van der Waals surface area contributed by atoms with Crippen LogP contribution in [0.1, 0.15) is 21.1 Å². The molecular formula is C16H14N2O3S. The Labute approximate surface area is 131 Å². The summed E-state index contributed by atoms with van der Waals surface area (Å²) in [6.07, 6.45) is 0. The number of anilines is 1. The van der Waals surface area contributed by atoms with E-state index in [2.05, 4.69) is 10.5 Å². The Bertz CT molecular complexity index is 765. The van der Waals surface area contributed by atoms with Crippen LogP contribution in [0.25, 0.3) is 0 Å². The van der Waals surface area contributed by atoms with E-state index in [4.69, 9.17) is 9.26 Å². The van der Waals surface area contributed by atoms with Gasteiger partial charge in [0.25, 0.3) is 5.91 Å². The molecule has 0 atom stereocenters. The molecule has 0 aliphatic carbocycles. The first-order chi connectivity index (χ1) is 10.7. The molecule has 0 aliphatic heterocycles. The van der Waals surface area contributed by atoms with Crippen molar-refractivity contribution in [2.24, 2.45) is 0 Å². The van der Waals surface area contributed by atoms with Gasteiger partial charge in [0.1, 0.15) is 12.4 Å². The van der Waals surface area contributed by atoms with E-state index in [0.29, 0.717) is 28.7 Å². The number of nitrogens with zero attached hydrogens (tertiary/aromatic N) is 1. The molecule has 6 heteroatoms. The number of nitrogens with one attached hydrogen (secondary N) is 1. The molecule has 3 aromatic rings. The topological polar surface area (TPSA) is 64.4 Å². The number of carbonyl (C=O) groups excluding carboxylic acids is 1. The van der Waals surface area contributed by atoms with E-state index in [1.807, 2.05) is 42.6 Å². The van der Waals surface area contributed by atoms with E-state index in [-0.39, 0.29) is 5.91 Å². The number of thiophene rings is 1. The van der Waals surface area contributed by atoms with Crippen molar-refractivity contribution in [1.82, 2.24) is 5.16 Å². The van der Waals surface area contributed by atoms with E-state index >= 15 is 0 Å². The third kappa shape index (κ3) is 3.53. The van der Waals surface area contributed by atoms with Gasteiger partial charge in [-0.15, -0.1) is 11.3 Å². The molecule has 0 saturated heterocycles. The minimum atomic E-state index is -0.127. The van der Waals surface area contributed by atoms with E-state index in [1.165, 1.54) is 11.3 Å². The van der Waals surface area contributed by atoms with Crippen LogP contribution in [0, 0.1) is 6.92 Å². The fourth-order valence-electron chi connectivity index (χ4n) is 1.90. The molecule has 0 spiro atoms. The van der Waals surface area contributed by atoms with Gasteiger partial charge in [-0.3, -0.25) is 4.79 Å². The average Bonchev–Trinajstić information content (AvgIpc) is 3.17. The first-order valence-corrected chi connectivity index (χ1v) is 7.58.